The normalized spacial score (nSPS) is 17.4. The quantitative estimate of drug-likeness (QED) is 0.906. The van der Waals surface area contributed by atoms with Gasteiger partial charge in [0.25, 0.3) is 0 Å². The summed E-state index contributed by atoms with van der Waals surface area (Å²) in [6.45, 7) is 2.27. The summed E-state index contributed by atoms with van der Waals surface area (Å²) in [5.41, 5.74) is 0. The predicted molar refractivity (Wildman–Crippen MR) is 82.9 cm³/mol. The van der Waals surface area contributed by atoms with Crippen molar-refractivity contribution in [2.45, 2.75) is 18.9 Å². The van der Waals surface area contributed by atoms with Crippen LogP contribution in [0.3, 0.4) is 0 Å². The molecule has 4 nitrogen and oxygen atoms in total. The van der Waals surface area contributed by atoms with Crippen molar-refractivity contribution in [1.29, 1.82) is 0 Å². The van der Waals surface area contributed by atoms with E-state index >= 15 is 0 Å². The second-order valence-electron chi connectivity index (χ2n) is 4.70. The van der Waals surface area contributed by atoms with Gasteiger partial charge in [-0.15, -0.1) is 12.4 Å². The number of likely N-dealkylation sites (N-methyl/N-ethyl adjacent to an activating group) is 1. The van der Waals surface area contributed by atoms with Crippen LogP contribution < -0.4 is 10.1 Å². The molecule has 1 N–H and O–H groups in total. The number of ether oxygens (including phenoxy) is 1. The summed E-state index contributed by atoms with van der Waals surface area (Å²) in [5.74, 6) is 0.866. The highest BCUT2D eigenvalue weighted by Gasteiger charge is 2.22. The lowest BCUT2D eigenvalue weighted by Gasteiger charge is -2.23. The summed E-state index contributed by atoms with van der Waals surface area (Å²) < 4.78 is 5.52. The van der Waals surface area contributed by atoms with E-state index in [4.69, 9.17) is 16.3 Å². The van der Waals surface area contributed by atoms with Crippen LogP contribution >= 0.6 is 24.0 Å². The van der Waals surface area contributed by atoms with Gasteiger partial charge in [0.15, 0.2) is 0 Å². The summed E-state index contributed by atoms with van der Waals surface area (Å²) in [5, 5.41) is 3.94. The first-order valence-electron chi connectivity index (χ1n) is 6.51. The minimum atomic E-state index is 0. The standard InChI is InChI=1S/C14H19ClN2O2.ClH/c1-17(12-6-8-16-10-12)14(18)7-9-19-13-4-2-11(15)3-5-13;/h2-5,12,16H,6-10H2,1H3;1H. The number of amides is 1. The maximum atomic E-state index is 12.0. The number of halogens is 2. The van der Waals surface area contributed by atoms with Gasteiger partial charge in [0.2, 0.25) is 5.91 Å². The third-order valence-electron chi connectivity index (χ3n) is 3.37. The fourth-order valence-electron chi connectivity index (χ4n) is 2.14. The van der Waals surface area contributed by atoms with Crippen LogP contribution in [0.4, 0.5) is 0 Å². The Morgan fingerprint density at radius 3 is 2.75 bits per heavy atom. The van der Waals surface area contributed by atoms with Gasteiger partial charge < -0.3 is 15.0 Å². The number of nitrogens with one attached hydrogen (secondary N) is 1. The molecular formula is C14H20Cl2N2O2. The molecule has 1 fully saturated rings. The third-order valence-corrected chi connectivity index (χ3v) is 3.63. The van der Waals surface area contributed by atoms with Gasteiger partial charge in [0, 0.05) is 24.7 Å². The molecule has 0 radical (unpaired) electrons. The van der Waals surface area contributed by atoms with Crippen molar-refractivity contribution in [3.63, 3.8) is 0 Å². The fraction of sp³-hybridized carbons (Fsp3) is 0.500. The fourth-order valence-corrected chi connectivity index (χ4v) is 2.26. The molecule has 1 atom stereocenters. The number of rotatable bonds is 5. The van der Waals surface area contributed by atoms with Gasteiger partial charge in [0.1, 0.15) is 5.75 Å². The molecule has 0 bridgehead atoms. The Morgan fingerprint density at radius 1 is 1.45 bits per heavy atom. The van der Waals surface area contributed by atoms with E-state index in [2.05, 4.69) is 5.32 Å². The number of hydrogen-bond acceptors (Lipinski definition) is 3. The highest BCUT2D eigenvalue weighted by Crippen LogP contribution is 2.16. The van der Waals surface area contributed by atoms with Crippen molar-refractivity contribution < 1.29 is 9.53 Å². The largest absolute Gasteiger partial charge is 0.493 e. The van der Waals surface area contributed by atoms with Gasteiger partial charge in [-0.05, 0) is 37.2 Å². The molecule has 1 aromatic rings. The molecule has 0 aromatic heterocycles. The Kier molecular flexibility index (Phi) is 7.13. The Labute approximate surface area is 130 Å². The van der Waals surface area contributed by atoms with Gasteiger partial charge in [-0.3, -0.25) is 4.79 Å². The van der Waals surface area contributed by atoms with E-state index < -0.39 is 0 Å². The van der Waals surface area contributed by atoms with Crippen molar-refractivity contribution in [1.82, 2.24) is 10.2 Å². The molecule has 0 aliphatic carbocycles. The Bertz CT molecular complexity index is 420. The van der Waals surface area contributed by atoms with Crippen molar-refractivity contribution in [3.05, 3.63) is 29.3 Å². The molecule has 1 amide bonds. The number of nitrogens with zero attached hydrogens (tertiary/aromatic N) is 1. The summed E-state index contributed by atoms with van der Waals surface area (Å²) in [6.07, 6.45) is 1.43. The zero-order valence-electron chi connectivity index (χ0n) is 11.5. The van der Waals surface area contributed by atoms with Gasteiger partial charge in [0.05, 0.1) is 13.0 Å². The zero-order chi connectivity index (χ0) is 13.7. The van der Waals surface area contributed by atoms with Crippen LogP contribution in [0.15, 0.2) is 24.3 Å². The van der Waals surface area contributed by atoms with E-state index in [9.17, 15) is 4.79 Å². The van der Waals surface area contributed by atoms with Crippen LogP contribution in [0.2, 0.25) is 5.02 Å². The molecule has 6 heteroatoms. The second kappa shape index (κ2) is 8.35. The summed E-state index contributed by atoms with van der Waals surface area (Å²) in [6, 6.07) is 7.47. The molecular weight excluding hydrogens is 299 g/mol. The summed E-state index contributed by atoms with van der Waals surface area (Å²) >= 11 is 5.79. The maximum Gasteiger partial charge on any atom is 0.226 e. The Balaban J connectivity index is 0.00000200. The molecule has 1 aliphatic heterocycles. The molecule has 112 valence electrons. The van der Waals surface area contributed by atoms with Gasteiger partial charge in [-0.1, -0.05) is 11.6 Å². The predicted octanol–water partition coefficient (Wildman–Crippen LogP) is 2.35. The molecule has 1 aliphatic rings. The first kappa shape index (κ1) is 17.1. The lowest BCUT2D eigenvalue weighted by atomic mass is 10.2. The van der Waals surface area contributed by atoms with Crippen LogP contribution in [0, 0.1) is 0 Å². The third kappa shape index (κ3) is 4.85. The molecule has 2 rings (SSSR count). The highest BCUT2D eigenvalue weighted by atomic mass is 35.5. The molecule has 20 heavy (non-hydrogen) atoms. The number of carbonyl (C=O) groups excluding carboxylic acids is 1. The van der Waals surface area contributed by atoms with E-state index in [1.54, 1.807) is 24.3 Å². The monoisotopic (exact) mass is 318 g/mol. The number of benzene rings is 1. The summed E-state index contributed by atoms with van der Waals surface area (Å²) in [7, 11) is 1.86. The zero-order valence-corrected chi connectivity index (χ0v) is 13.0. The topological polar surface area (TPSA) is 41.6 Å². The van der Waals surface area contributed by atoms with Gasteiger partial charge >= 0.3 is 0 Å². The SMILES string of the molecule is CN(C(=O)CCOc1ccc(Cl)cc1)C1CCNC1.Cl. The first-order chi connectivity index (χ1) is 9.16. The maximum absolute atomic E-state index is 12.0. The minimum absolute atomic E-state index is 0. The van der Waals surface area contributed by atoms with Gasteiger partial charge in [-0.2, -0.15) is 0 Å². The highest BCUT2D eigenvalue weighted by molar-refractivity contribution is 6.30. The molecule has 0 saturated carbocycles. The molecule has 0 spiro atoms. The van der Waals surface area contributed by atoms with Crippen LogP contribution in [-0.4, -0.2) is 43.6 Å². The van der Waals surface area contributed by atoms with Crippen LogP contribution in [-0.2, 0) is 4.79 Å². The van der Waals surface area contributed by atoms with Crippen molar-refractivity contribution >= 4 is 29.9 Å². The summed E-state index contributed by atoms with van der Waals surface area (Å²) in [4.78, 5) is 13.8. The average molecular weight is 319 g/mol. The molecule has 1 saturated heterocycles. The molecule has 1 aromatic carbocycles. The first-order valence-corrected chi connectivity index (χ1v) is 6.89. The minimum Gasteiger partial charge on any atom is -0.493 e. The number of hydrogen-bond donors (Lipinski definition) is 1. The van der Waals surface area contributed by atoms with E-state index in [0.29, 0.717) is 24.1 Å². The smallest absolute Gasteiger partial charge is 0.226 e. The van der Waals surface area contributed by atoms with Crippen LogP contribution in [0.5, 0.6) is 5.75 Å². The van der Waals surface area contributed by atoms with Crippen LogP contribution in [0.25, 0.3) is 0 Å². The van der Waals surface area contributed by atoms with E-state index in [1.165, 1.54) is 0 Å². The van der Waals surface area contributed by atoms with E-state index in [0.717, 1.165) is 25.3 Å². The van der Waals surface area contributed by atoms with E-state index in [1.807, 2.05) is 11.9 Å². The average Bonchev–Trinajstić information content (AvgIpc) is 2.94. The van der Waals surface area contributed by atoms with Crippen LogP contribution in [0.1, 0.15) is 12.8 Å². The number of carbonyl (C=O) groups is 1. The van der Waals surface area contributed by atoms with Gasteiger partial charge in [-0.25, -0.2) is 0 Å². The lowest BCUT2D eigenvalue weighted by Crippen LogP contribution is -2.38. The Hall–Kier alpha value is -0.970. The molecule has 1 unspecified atom stereocenters. The van der Waals surface area contributed by atoms with Crippen molar-refractivity contribution in [3.8, 4) is 5.75 Å². The Morgan fingerprint density at radius 2 is 2.15 bits per heavy atom. The van der Waals surface area contributed by atoms with Crippen molar-refractivity contribution in [2.24, 2.45) is 0 Å². The molecule has 1 heterocycles. The van der Waals surface area contributed by atoms with E-state index in [-0.39, 0.29) is 18.3 Å². The second-order valence-corrected chi connectivity index (χ2v) is 5.14. The lowest BCUT2D eigenvalue weighted by molar-refractivity contribution is -0.132. The van der Waals surface area contributed by atoms with Crippen molar-refractivity contribution in [2.75, 3.05) is 26.7 Å².